The van der Waals surface area contributed by atoms with Crippen molar-refractivity contribution >= 4 is 21.3 Å². The van der Waals surface area contributed by atoms with Gasteiger partial charge in [-0.05, 0) is 10.9 Å². The summed E-state index contributed by atoms with van der Waals surface area (Å²) in [5.41, 5.74) is 0. The molecule has 9 nitrogen and oxygen atoms in total. The Morgan fingerprint density at radius 3 is 2.15 bits per heavy atom. The van der Waals surface area contributed by atoms with Gasteiger partial charge in [0.2, 0.25) is 10.4 Å². The molecule has 1 aliphatic rings. The Morgan fingerprint density at radius 1 is 1.25 bits per heavy atom. The summed E-state index contributed by atoms with van der Waals surface area (Å²) in [5, 5.41) is 47.0. The van der Waals surface area contributed by atoms with Crippen molar-refractivity contribution < 1.29 is 42.7 Å². The van der Waals surface area contributed by atoms with Crippen molar-refractivity contribution in [2.45, 2.75) is 30.5 Å². The van der Waals surface area contributed by atoms with Gasteiger partial charge in [-0.1, -0.05) is 0 Å². The SMILES string of the molecule is O=S(=O)([O-])O[C@@H](CO)[C@H](O)C[S+]1C[C@@H](O)C(O)[C@@H](O)C1. The molecule has 1 heterocycles. The monoisotopic (exact) mass is 334 g/mol. The van der Waals surface area contributed by atoms with E-state index in [1.165, 1.54) is 0 Å². The lowest BCUT2D eigenvalue weighted by molar-refractivity contribution is -0.0456. The van der Waals surface area contributed by atoms with E-state index < -0.39 is 58.4 Å². The Kier molecular flexibility index (Phi) is 6.63. The summed E-state index contributed by atoms with van der Waals surface area (Å²) in [6.07, 6.45) is -6.59. The van der Waals surface area contributed by atoms with Gasteiger partial charge in [-0.25, -0.2) is 8.42 Å². The van der Waals surface area contributed by atoms with Gasteiger partial charge in [0, 0.05) is 0 Å². The molecular formula is C9H18O9S2. The van der Waals surface area contributed by atoms with Crippen LogP contribution >= 0.6 is 0 Å². The molecule has 0 aromatic rings. The van der Waals surface area contributed by atoms with Crippen LogP contribution in [0.1, 0.15) is 0 Å². The first-order valence-electron chi connectivity index (χ1n) is 5.75. The zero-order valence-corrected chi connectivity index (χ0v) is 12.0. The van der Waals surface area contributed by atoms with Crippen LogP contribution in [0.4, 0.5) is 0 Å². The van der Waals surface area contributed by atoms with E-state index >= 15 is 0 Å². The molecule has 1 aliphatic heterocycles. The summed E-state index contributed by atoms with van der Waals surface area (Å²) >= 11 is 0. The quantitative estimate of drug-likeness (QED) is 0.184. The number of aliphatic hydroxyl groups is 5. The van der Waals surface area contributed by atoms with E-state index in [1.807, 2.05) is 0 Å². The van der Waals surface area contributed by atoms with Crippen molar-refractivity contribution in [1.29, 1.82) is 0 Å². The van der Waals surface area contributed by atoms with Crippen molar-refractivity contribution in [1.82, 2.24) is 0 Å². The molecule has 0 radical (unpaired) electrons. The first-order chi connectivity index (χ1) is 9.14. The first kappa shape index (κ1) is 18.1. The molecule has 0 bridgehead atoms. The number of hydrogen-bond acceptors (Lipinski definition) is 9. The largest absolute Gasteiger partial charge is 0.726 e. The highest BCUT2D eigenvalue weighted by molar-refractivity contribution is 7.97. The molecule has 120 valence electrons. The summed E-state index contributed by atoms with van der Waals surface area (Å²) in [6, 6.07) is 0. The van der Waals surface area contributed by atoms with E-state index in [9.17, 15) is 33.4 Å². The van der Waals surface area contributed by atoms with E-state index in [1.54, 1.807) is 0 Å². The highest BCUT2D eigenvalue weighted by atomic mass is 32.3. The van der Waals surface area contributed by atoms with Crippen LogP contribution in [-0.2, 0) is 25.5 Å². The second-order valence-electron chi connectivity index (χ2n) is 4.53. The van der Waals surface area contributed by atoms with Crippen molar-refractivity contribution in [2.75, 3.05) is 23.9 Å². The Labute approximate surface area is 119 Å². The van der Waals surface area contributed by atoms with Gasteiger partial charge in [0.05, 0.1) is 6.61 Å². The van der Waals surface area contributed by atoms with Crippen molar-refractivity contribution in [3.63, 3.8) is 0 Å². The van der Waals surface area contributed by atoms with Crippen molar-refractivity contribution in [3.05, 3.63) is 0 Å². The van der Waals surface area contributed by atoms with Gasteiger partial charge in [0.15, 0.2) is 0 Å². The molecule has 0 aromatic heterocycles. The Bertz CT molecular complexity index is 388. The van der Waals surface area contributed by atoms with Crippen LogP contribution in [-0.4, -0.2) is 92.9 Å². The predicted molar refractivity (Wildman–Crippen MR) is 67.6 cm³/mol. The smallest absolute Gasteiger partial charge is 0.218 e. The molecule has 1 rings (SSSR count). The fraction of sp³-hybridized carbons (Fsp3) is 1.00. The Hall–Kier alpha value is 0.0200. The minimum absolute atomic E-state index is 0.0679. The van der Waals surface area contributed by atoms with Crippen LogP contribution in [0.25, 0.3) is 0 Å². The van der Waals surface area contributed by atoms with Crippen molar-refractivity contribution in [3.8, 4) is 0 Å². The average molecular weight is 334 g/mol. The minimum atomic E-state index is -5.06. The highest BCUT2D eigenvalue weighted by Gasteiger charge is 2.42. The van der Waals surface area contributed by atoms with Gasteiger partial charge < -0.3 is 30.1 Å². The summed E-state index contributed by atoms with van der Waals surface area (Å²) in [4.78, 5) is 0. The van der Waals surface area contributed by atoms with E-state index in [4.69, 9.17) is 5.11 Å². The van der Waals surface area contributed by atoms with Gasteiger partial charge in [-0.3, -0.25) is 4.18 Å². The lowest BCUT2D eigenvalue weighted by Crippen LogP contribution is -2.53. The lowest BCUT2D eigenvalue weighted by Gasteiger charge is -2.30. The molecule has 5 N–H and O–H groups in total. The fourth-order valence-corrected chi connectivity index (χ4v) is 4.82. The van der Waals surface area contributed by atoms with Gasteiger partial charge in [0.25, 0.3) is 0 Å². The fourth-order valence-electron chi connectivity index (χ4n) is 1.86. The van der Waals surface area contributed by atoms with Crippen LogP contribution in [0.2, 0.25) is 0 Å². The number of aliphatic hydroxyl groups excluding tert-OH is 5. The molecule has 0 amide bonds. The molecule has 0 aromatic carbocycles. The molecule has 0 aliphatic carbocycles. The minimum Gasteiger partial charge on any atom is -0.726 e. The van der Waals surface area contributed by atoms with Gasteiger partial charge in [0.1, 0.15) is 47.8 Å². The summed E-state index contributed by atoms with van der Waals surface area (Å²) in [7, 11) is -5.76. The molecular weight excluding hydrogens is 316 g/mol. The normalized spacial score (nSPS) is 34.7. The predicted octanol–water partition coefficient (Wildman–Crippen LogP) is -4.10. The number of hydrogen-bond donors (Lipinski definition) is 5. The third-order valence-electron chi connectivity index (χ3n) is 2.86. The van der Waals surface area contributed by atoms with Crippen LogP contribution in [0, 0.1) is 0 Å². The molecule has 2 unspecified atom stereocenters. The molecule has 0 spiro atoms. The Morgan fingerprint density at radius 2 is 1.75 bits per heavy atom. The lowest BCUT2D eigenvalue weighted by atomic mass is 10.1. The Balaban J connectivity index is 2.58. The topological polar surface area (TPSA) is 168 Å². The molecule has 0 saturated carbocycles. The maximum atomic E-state index is 10.4. The maximum Gasteiger partial charge on any atom is 0.218 e. The summed E-state index contributed by atoms with van der Waals surface area (Å²) in [5.74, 6) is 0.177. The standard InChI is InChI=1S/C9H18O9S2/c10-1-8(18-20(15,16)17)5(11)2-19-3-6(12)9(14)7(13)4-19/h5-14H,1-4H2/t5-,6-,7+,8+,9?,19?/m1/s1. The molecule has 11 heteroatoms. The van der Waals surface area contributed by atoms with E-state index in [0.29, 0.717) is 0 Å². The zero-order valence-electron chi connectivity index (χ0n) is 10.4. The average Bonchev–Trinajstić information content (AvgIpc) is 2.31. The van der Waals surface area contributed by atoms with Crippen LogP contribution in [0.15, 0.2) is 0 Å². The summed E-state index contributed by atoms with van der Waals surface area (Å²) < 4.78 is 35.3. The van der Waals surface area contributed by atoms with E-state index in [-0.39, 0.29) is 17.3 Å². The molecule has 1 saturated heterocycles. The van der Waals surface area contributed by atoms with E-state index in [2.05, 4.69) is 4.18 Å². The zero-order chi connectivity index (χ0) is 15.5. The molecule has 20 heavy (non-hydrogen) atoms. The van der Waals surface area contributed by atoms with E-state index in [0.717, 1.165) is 0 Å². The highest BCUT2D eigenvalue weighted by Crippen LogP contribution is 2.18. The van der Waals surface area contributed by atoms with Crippen LogP contribution in [0.3, 0.4) is 0 Å². The second-order valence-corrected chi connectivity index (χ2v) is 7.76. The maximum absolute atomic E-state index is 10.4. The van der Waals surface area contributed by atoms with Gasteiger partial charge >= 0.3 is 0 Å². The third kappa shape index (κ3) is 5.42. The second kappa shape index (κ2) is 7.33. The summed E-state index contributed by atoms with van der Waals surface area (Å²) in [6.45, 7) is -0.867. The number of rotatable bonds is 6. The molecule has 6 atom stereocenters. The van der Waals surface area contributed by atoms with Gasteiger partial charge in [-0.2, -0.15) is 0 Å². The first-order valence-corrected chi connectivity index (χ1v) is 8.82. The van der Waals surface area contributed by atoms with Gasteiger partial charge in [-0.15, -0.1) is 0 Å². The van der Waals surface area contributed by atoms with Crippen LogP contribution in [0.5, 0.6) is 0 Å². The van der Waals surface area contributed by atoms with Crippen LogP contribution < -0.4 is 0 Å². The van der Waals surface area contributed by atoms with Crippen molar-refractivity contribution in [2.24, 2.45) is 0 Å². The molecule has 1 fully saturated rings. The third-order valence-corrected chi connectivity index (χ3v) is 5.78.